The van der Waals surface area contributed by atoms with E-state index in [1.165, 1.54) is 21.3 Å². The smallest absolute Gasteiger partial charge is 0.250 e. The summed E-state index contributed by atoms with van der Waals surface area (Å²) in [7, 11) is 3.35. The average Bonchev–Trinajstić information content (AvgIpc) is 3.21. The lowest BCUT2D eigenvalue weighted by Gasteiger charge is -2.11. The summed E-state index contributed by atoms with van der Waals surface area (Å²) in [6, 6.07) is 14.2. The summed E-state index contributed by atoms with van der Waals surface area (Å²) < 4.78 is 4.59. The summed E-state index contributed by atoms with van der Waals surface area (Å²) in [5, 5.41) is 13.8. The van der Waals surface area contributed by atoms with E-state index in [4.69, 9.17) is 0 Å². The van der Waals surface area contributed by atoms with E-state index in [1.54, 1.807) is 61.8 Å². The minimum absolute atomic E-state index is 0.159. The average molecular weight is 383 g/mol. The summed E-state index contributed by atoms with van der Waals surface area (Å²) in [5.74, 6) is 0. The Morgan fingerprint density at radius 3 is 2.41 bits per heavy atom. The van der Waals surface area contributed by atoms with Gasteiger partial charge in [0, 0.05) is 55.9 Å². The van der Waals surface area contributed by atoms with E-state index in [2.05, 4.69) is 11.2 Å². The molecule has 0 aliphatic rings. The van der Waals surface area contributed by atoms with Crippen LogP contribution in [0.15, 0.2) is 76.8 Å². The van der Waals surface area contributed by atoms with E-state index in [-0.39, 0.29) is 11.1 Å². The second kappa shape index (κ2) is 7.09. The Labute approximate surface area is 166 Å². The number of aryl methyl sites for hydroxylation is 2. The monoisotopic (exact) mass is 383 g/mol. The second-order valence-corrected chi connectivity index (χ2v) is 6.72. The molecule has 3 aromatic heterocycles. The number of aromatic nitrogens is 4. The Morgan fingerprint density at radius 1 is 0.897 bits per heavy atom. The minimum Gasteiger partial charge on any atom is -0.319 e. The Morgan fingerprint density at radius 2 is 1.66 bits per heavy atom. The molecule has 7 heteroatoms. The first-order valence-electron chi connectivity index (χ1n) is 8.90. The van der Waals surface area contributed by atoms with E-state index in [0.29, 0.717) is 22.4 Å². The first-order valence-corrected chi connectivity index (χ1v) is 8.90. The lowest BCUT2D eigenvalue weighted by atomic mass is 9.99. The molecule has 29 heavy (non-hydrogen) atoms. The van der Waals surface area contributed by atoms with E-state index >= 15 is 0 Å². The zero-order valence-corrected chi connectivity index (χ0v) is 15.9. The summed E-state index contributed by atoms with van der Waals surface area (Å²) >= 11 is 0. The highest BCUT2D eigenvalue weighted by atomic mass is 16.1. The Balaban J connectivity index is 1.90. The molecule has 0 aliphatic heterocycles. The third-order valence-corrected chi connectivity index (χ3v) is 4.81. The van der Waals surface area contributed by atoms with Crippen LogP contribution in [0.3, 0.4) is 0 Å². The van der Waals surface area contributed by atoms with Crippen LogP contribution in [0.5, 0.6) is 0 Å². The first-order chi connectivity index (χ1) is 14.0. The van der Waals surface area contributed by atoms with Gasteiger partial charge in [0.05, 0.1) is 17.4 Å². The highest BCUT2D eigenvalue weighted by Gasteiger charge is 2.14. The molecule has 0 saturated heterocycles. The van der Waals surface area contributed by atoms with Crippen molar-refractivity contribution < 1.29 is 0 Å². The summed E-state index contributed by atoms with van der Waals surface area (Å²) in [6.07, 6.45) is 6.89. The van der Waals surface area contributed by atoms with Crippen LogP contribution in [0.1, 0.15) is 5.56 Å². The van der Waals surface area contributed by atoms with Crippen molar-refractivity contribution in [1.29, 1.82) is 5.26 Å². The molecule has 0 amide bonds. The van der Waals surface area contributed by atoms with E-state index in [0.717, 1.165) is 11.1 Å². The molecule has 0 saturated carbocycles. The lowest BCUT2D eigenvalue weighted by molar-refractivity contribution is 0.857. The maximum absolute atomic E-state index is 12.3. The van der Waals surface area contributed by atoms with Gasteiger partial charge in [0.2, 0.25) is 0 Å². The van der Waals surface area contributed by atoms with E-state index in [9.17, 15) is 14.9 Å². The highest BCUT2D eigenvalue weighted by molar-refractivity contribution is 5.82. The van der Waals surface area contributed by atoms with Crippen LogP contribution in [-0.2, 0) is 14.1 Å². The fourth-order valence-corrected chi connectivity index (χ4v) is 3.18. The number of rotatable bonds is 3. The molecule has 4 aromatic rings. The minimum atomic E-state index is -0.174. The van der Waals surface area contributed by atoms with Crippen molar-refractivity contribution in [3.63, 3.8) is 0 Å². The number of para-hydroxylation sites is 1. The maximum atomic E-state index is 12.3. The van der Waals surface area contributed by atoms with Gasteiger partial charge in [-0.25, -0.2) is 4.68 Å². The highest BCUT2D eigenvalue weighted by Crippen LogP contribution is 2.30. The molecule has 3 heterocycles. The van der Waals surface area contributed by atoms with Crippen molar-refractivity contribution >= 4 is 0 Å². The van der Waals surface area contributed by atoms with Crippen LogP contribution in [-0.4, -0.2) is 18.9 Å². The molecule has 0 aliphatic carbocycles. The van der Waals surface area contributed by atoms with Crippen molar-refractivity contribution in [1.82, 2.24) is 18.9 Å². The second-order valence-electron chi connectivity index (χ2n) is 6.72. The molecule has 0 fully saturated rings. The van der Waals surface area contributed by atoms with Gasteiger partial charge in [-0.15, -0.1) is 0 Å². The Hall–Kier alpha value is -4.18. The van der Waals surface area contributed by atoms with Gasteiger partial charge in [-0.05, 0) is 29.3 Å². The molecule has 0 N–H and O–H groups in total. The number of pyridine rings is 2. The molecule has 0 atom stereocenters. The van der Waals surface area contributed by atoms with Crippen LogP contribution >= 0.6 is 0 Å². The molecule has 0 spiro atoms. The molecule has 1 aromatic carbocycles. The molecular weight excluding hydrogens is 366 g/mol. The van der Waals surface area contributed by atoms with Gasteiger partial charge < -0.3 is 9.13 Å². The van der Waals surface area contributed by atoms with Crippen LogP contribution < -0.4 is 11.1 Å². The third kappa shape index (κ3) is 3.28. The third-order valence-electron chi connectivity index (χ3n) is 4.81. The van der Waals surface area contributed by atoms with Gasteiger partial charge in [-0.1, -0.05) is 12.1 Å². The number of nitrogens with zero attached hydrogens (tertiary/aromatic N) is 5. The zero-order chi connectivity index (χ0) is 20.5. The summed E-state index contributed by atoms with van der Waals surface area (Å²) in [6.45, 7) is 0. The van der Waals surface area contributed by atoms with Crippen molar-refractivity contribution in [3.05, 3.63) is 93.5 Å². The molecule has 142 valence electrons. The van der Waals surface area contributed by atoms with Gasteiger partial charge in [0.1, 0.15) is 6.07 Å². The van der Waals surface area contributed by atoms with Gasteiger partial charge in [-0.3, -0.25) is 9.59 Å². The molecule has 4 rings (SSSR count). The number of hydrogen-bond donors (Lipinski definition) is 0. The number of nitriles is 1. The van der Waals surface area contributed by atoms with Gasteiger partial charge in [0.25, 0.3) is 11.1 Å². The van der Waals surface area contributed by atoms with Crippen LogP contribution in [0, 0.1) is 11.3 Å². The van der Waals surface area contributed by atoms with Gasteiger partial charge >= 0.3 is 0 Å². The molecular formula is C22H17N5O2. The SMILES string of the molecule is Cn1ccc(-c2cc(=O)n(C)cc2-c2cnn(-c3ccccc3C#N)c2)cc1=O. The van der Waals surface area contributed by atoms with Gasteiger partial charge in [-0.2, -0.15) is 10.4 Å². The summed E-state index contributed by atoms with van der Waals surface area (Å²) in [5.41, 5.74) is 3.69. The predicted molar refractivity (Wildman–Crippen MR) is 110 cm³/mol. The maximum Gasteiger partial charge on any atom is 0.250 e. The van der Waals surface area contributed by atoms with Crippen LogP contribution in [0.25, 0.3) is 27.9 Å². The standard InChI is InChI=1S/C22H17N5O2/c1-25-8-7-15(9-21(25)28)18-10-22(29)26(2)14-19(18)17-12-24-27(13-17)20-6-4-3-5-16(20)11-23/h3-10,12-14H,1-2H3. The molecule has 0 bridgehead atoms. The topological polar surface area (TPSA) is 85.6 Å². The molecule has 0 radical (unpaired) electrons. The van der Waals surface area contributed by atoms with Crippen molar-refractivity contribution in [3.8, 4) is 34.0 Å². The Kier molecular flexibility index (Phi) is 4.45. The predicted octanol–water partition coefficient (Wildman–Crippen LogP) is 2.48. The van der Waals surface area contributed by atoms with Gasteiger partial charge in [0.15, 0.2) is 0 Å². The first kappa shape index (κ1) is 18.2. The number of hydrogen-bond acceptors (Lipinski definition) is 4. The largest absolute Gasteiger partial charge is 0.319 e. The van der Waals surface area contributed by atoms with Crippen molar-refractivity contribution in [2.75, 3.05) is 0 Å². The van der Waals surface area contributed by atoms with E-state index < -0.39 is 0 Å². The molecule has 0 unspecified atom stereocenters. The van der Waals surface area contributed by atoms with Crippen molar-refractivity contribution in [2.24, 2.45) is 14.1 Å². The molecule has 7 nitrogen and oxygen atoms in total. The van der Waals surface area contributed by atoms with Crippen molar-refractivity contribution in [2.45, 2.75) is 0 Å². The summed E-state index contributed by atoms with van der Waals surface area (Å²) in [4.78, 5) is 24.4. The zero-order valence-electron chi connectivity index (χ0n) is 15.9. The number of benzene rings is 1. The lowest BCUT2D eigenvalue weighted by Crippen LogP contribution is -2.17. The fraction of sp³-hybridized carbons (Fsp3) is 0.0909. The van der Waals surface area contributed by atoms with Crippen LogP contribution in [0.4, 0.5) is 0 Å². The Bertz CT molecular complexity index is 1390. The fourth-order valence-electron chi connectivity index (χ4n) is 3.18. The van der Waals surface area contributed by atoms with Crippen LogP contribution in [0.2, 0.25) is 0 Å². The quantitative estimate of drug-likeness (QED) is 0.544. The van der Waals surface area contributed by atoms with E-state index in [1.807, 2.05) is 12.1 Å². The normalized spacial score (nSPS) is 10.7.